The first-order valence-electron chi connectivity index (χ1n) is 9.79. The number of methoxy groups -OCH3 is 2. The normalized spacial score (nSPS) is 26.2. The quantitative estimate of drug-likeness (QED) is 0.817. The molecular formula is C20H33N3O2. The molecular weight excluding hydrogens is 314 g/mol. The molecule has 2 aliphatic rings. The summed E-state index contributed by atoms with van der Waals surface area (Å²) in [6, 6.07) is 0.475. The van der Waals surface area contributed by atoms with Gasteiger partial charge >= 0.3 is 0 Å². The Morgan fingerprint density at radius 2 is 1.80 bits per heavy atom. The summed E-state index contributed by atoms with van der Waals surface area (Å²) in [6.07, 6.45) is 13.8. The molecule has 1 aromatic heterocycles. The Balaban J connectivity index is 1.60. The van der Waals surface area contributed by atoms with Crippen LogP contribution in [0.1, 0.15) is 70.4 Å². The van der Waals surface area contributed by atoms with E-state index in [2.05, 4.69) is 22.2 Å². The van der Waals surface area contributed by atoms with E-state index in [1.54, 1.807) is 20.5 Å². The van der Waals surface area contributed by atoms with Gasteiger partial charge in [0.1, 0.15) is 12.0 Å². The maximum atomic E-state index is 5.54. The van der Waals surface area contributed by atoms with Gasteiger partial charge in [-0.25, -0.2) is 9.97 Å². The summed E-state index contributed by atoms with van der Waals surface area (Å²) in [6.45, 7) is 2.97. The third kappa shape index (κ3) is 4.25. The molecule has 5 heteroatoms. The third-order valence-corrected chi connectivity index (χ3v) is 6.41. The zero-order valence-corrected chi connectivity index (χ0v) is 16.0. The number of nitrogens with zero attached hydrogens (tertiary/aromatic N) is 2. The van der Waals surface area contributed by atoms with Crippen LogP contribution in [0.5, 0.6) is 5.75 Å². The molecule has 140 valence electrons. The first-order valence-corrected chi connectivity index (χ1v) is 9.79. The van der Waals surface area contributed by atoms with Crippen LogP contribution in [0.3, 0.4) is 0 Å². The smallest absolute Gasteiger partial charge is 0.185 e. The molecule has 0 aromatic carbocycles. The molecule has 0 saturated heterocycles. The zero-order valence-electron chi connectivity index (χ0n) is 16.0. The summed E-state index contributed by atoms with van der Waals surface area (Å²) in [7, 11) is 3.34. The summed E-state index contributed by atoms with van der Waals surface area (Å²) in [5.41, 5.74) is 1.38. The van der Waals surface area contributed by atoms with Crippen LogP contribution < -0.4 is 10.1 Å². The lowest BCUT2D eigenvalue weighted by Crippen LogP contribution is -2.36. The average molecular weight is 348 g/mol. The Morgan fingerprint density at radius 1 is 1.08 bits per heavy atom. The van der Waals surface area contributed by atoms with E-state index in [0.29, 0.717) is 23.8 Å². The van der Waals surface area contributed by atoms with Gasteiger partial charge in [0.15, 0.2) is 11.6 Å². The fraction of sp³-hybridized carbons (Fsp3) is 0.800. The van der Waals surface area contributed by atoms with E-state index in [1.165, 1.54) is 57.8 Å². The van der Waals surface area contributed by atoms with E-state index < -0.39 is 0 Å². The molecule has 1 N–H and O–H groups in total. The van der Waals surface area contributed by atoms with Gasteiger partial charge in [-0.1, -0.05) is 26.2 Å². The summed E-state index contributed by atoms with van der Waals surface area (Å²) in [5.74, 6) is 2.41. The second-order valence-electron chi connectivity index (χ2n) is 8.04. The number of aromatic nitrogens is 2. The van der Waals surface area contributed by atoms with Gasteiger partial charge in [0.2, 0.25) is 0 Å². The van der Waals surface area contributed by atoms with Crippen LogP contribution in [0.4, 0.5) is 5.82 Å². The van der Waals surface area contributed by atoms with Gasteiger partial charge in [-0.2, -0.15) is 0 Å². The van der Waals surface area contributed by atoms with Crippen molar-refractivity contribution in [2.45, 2.75) is 77.4 Å². The SMILES string of the molecule is COCc1ncnc(NC2CCC(C3(C)CCCCC3)CC2)c1OC. The van der Waals surface area contributed by atoms with Crippen LogP contribution in [0.2, 0.25) is 0 Å². The topological polar surface area (TPSA) is 56.3 Å². The fourth-order valence-corrected chi connectivity index (χ4v) is 4.86. The van der Waals surface area contributed by atoms with Crippen molar-refractivity contribution >= 4 is 5.82 Å². The van der Waals surface area contributed by atoms with Crippen molar-refractivity contribution in [3.8, 4) is 5.75 Å². The van der Waals surface area contributed by atoms with Crippen LogP contribution in [0, 0.1) is 11.3 Å². The van der Waals surface area contributed by atoms with Gasteiger partial charge in [0.05, 0.1) is 13.7 Å². The zero-order chi connectivity index (χ0) is 17.7. The van der Waals surface area contributed by atoms with Crippen molar-refractivity contribution in [2.75, 3.05) is 19.5 Å². The van der Waals surface area contributed by atoms with Crippen molar-refractivity contribution in [1.82, 2.24) is 9.97 Å². The van der Waals surface area contributed by atoms with Gasteiger partial charge in [-0.15, -0.1) is 0 Å². The Morgan fingerprint density at radius 3 is 2.44 bits per heavy atom. The Labute approximate surface area is 151 Å². The number of rotatable bonds is 6. The van der Waals surface area contributed by atoms with E-state index in [9.17, 15) is 0 Å². The standard InChI is InChI=1S/C20H33N3O2/c1-20(11-5-4-6-12-20)15-7-9-16(10-8-15)23-19-18(25-3)17(13-24-2)21-14-22-19/h14-16H,4-13H2,1-3H3,(H,21,22,23). The first kappa shape index (κ1) is 18.4. The minimum Gasteiger partial charge on any atom is -0.491 e. The fourth-order valence-electron chi connectivity index (χ4n) is 4.86. The summed E-state index contributed by atoms with van der Waals surface area (Å²) in [5, 5.41) is 3.60. The highest BCUT2D eigenvalue weighted by Gasteiger charge is 2.37. The Bertz CT molecular complexity index is 550. The van der Waals surface area contributed by atoms with Crippen molar-refractivity contribution in [3.05, 3.63) is 12.0 Å². The van der Waals surface area contributed by atoms with Crippen LogP contribution in [0.15, 0.2) is 6.33 Å². The molecule has 1 heterocycles. The molecule has 0 radical (unpaired) electrons. The number of ether oxygens (including phenoxy) is 2. The predicted molar refractivity (Wildman–Crippen MR) is 99.9 cm³/mol. The maximum Gasteiger partial charge on any atom is 0.185 e. The molecule has 0 atom stereocenters. The average Bonchev–Trinajstić information content (AvgIpc) is 2.63. The maximum absolute atomic E-state index is 5.54. The molecule has 2 fully saturated rings. The molecule has 1 aromatic rings. The second kappa shape index (κ2) is 8.35. The highest BCUT2D eigenvalue weighted by Crippen LogP contribution is 2.48. The van der Waals surface area contributed by atoms with E-state index in [-0.39, 0.29) is 0 Å². The van der Waals surface area contributed by atoms with Gasteiger partial charge in [0, 0.05) is 13.2 Å². The molecule has 0 amide bonds. The van der Waals surface area contributed by atoms with Crippen LogP contribution in [-0.2, 0) is 11.3 Å². The summed E-state index contributed by atoms with van der Waals surface area (Å²) >= 11 is 0. The van der Waals surface area contributed by atoms with Gasteiger partial charge in [-0.05, 0) is 49.9 Å². The molecule has 2 aliphatic carbocycles. The Kier molecular flexibility index (Phi) is 6.15. The van der Waals surface area contributed by atoms with Gasteiger partial charge < -0.3 is 14.8 Å². The molecule has 2 saturated carbocycles. The molecule has 0 unspecified atom stereocenters. The van der Waals surface area contributed by atoms with Crippen LogP contribution >= 0.6 is 0 Å². The molecule has 0 bridgehead atoms. The number of hydrogen-bond acceptors (Lipinski definition) is 5. The molecule has 25 heavy (non-hydrogen) atoms. The van der Waals surface area contributed by atoms with E-state index in [1.807, 2.05) is 0 Å². The molecule has 0 aliphatic heterocycles. The lowest BCUT2D eigenvalue weighted by Gasteiger charge is -2.44. The van der Waals surface area contributed by atoms with Gasteiger partial charge in [0.25, 0.3) is 0 Å². The number of nitrogens with one attached hydrogen (secondary N) is 1. The number of hydrogen-bond donors (Lipinski definition) is 1. The molecule has 5 nitrogen and oxygen atoms in total. The first-order chi connectivity index (χ1) is 12.2. The van der Waals surface area contributed by atoms with Crippen molar-refractivity contribution < 1.29 is 9.47 Å². The second-order valence-corrected chi connectivity index (χ2v) is 8.04. The highest BCUT2D eigenvalue weighted by atomic mass is 16.5. The number of anilines is 1. The highest BCUT2D eigenvalue weighted by molar-refractivity contribution is 5.52. The lowest BCUT2D eigenvalue weighted by molar-refractivity contribution is 0.0848. The molecule has 0 spiro atoms. The van der Waals surface area contributed by atoms with Crippen LogP contribution in [0.25, 0.3) is 0 Å². The van der Waals surface area contributed by atoms with Gasteiger partial charge in [-0.3, -0.25) is 0 Å². The minimum atomic E-state index is 0.436. The third-order valence-electron chi connectivity index (χ3n) is 6.41. The lowest BCUT2D eigenvalue weighted by atomic mass is 9.62. The molecule has 3 rings (SSSR count). The van der Waals surface area contributed by atoms with Crippen LogP contribution in [-0.4, -0.2) is 30.2 Å². The van der Waals surface area contributed by atoms with Crippen molar-refractivity contribution in [1.29, 1.82) is 0 Å². The monoisotopic (exact) mass is 347 g/mol. The summed E-state index contributed by atoms with van der Waals surface area (Å²) < 4.78 is 10.7. The van der Waals surface area contributed by atoms with E-state index in [0.717, 1.165) is 17.4 Å². The Hall–Kier alpha value is -1.36. The van der Waals surface area contributed by atoms with Crippen molar-refractivity contribution in [2.24, 2.45) is 11.3 Å². The minimum absolute atomic E-state index is 0.436. The van der Waals surface area contributed by atoms with E-state index >= 15 is 0 Å². The van der Waals surface area contributed by atoms with Crippen molar-refractivity contribution in [3.63, 3.8) is 0 Å². The van der Waals surface area contributed by atoms with E-state index in [4.69, 9.17) is 9.47 Å². The largest absolute Gasteiger partial charge is 0.491 e. The predicted octanol–water partition coefficient (Wildman–Crippen LogP) is 4.57. The summed E-state index contributed by atoms with van der Waals surface area (Å²) in [4.78, 5) is 8.68.